The molecule has 0 bridgehead atoms. The highest BCUT2D eigenvalue weighted by atomic mass is 16.1. The maximum Gasteiger partial charge on any atom is 0.150 e. The number of ketones is 1. The van der Waals surface area contributed by atoms with Crippen LogP contribution in [0.4, 0.5) is 0 Å². The van der Waals surface area contributed by atoms with Gasteiger partial charge < -0.3 is 0 Å². The first kappa shape index (κ1) is 20.6. The molecule has 2 aromatic heterocycles. The molecule has 6 rings (SSSR count). The molecule has 0 N–H and O–H groups in total. The van der Waals surface area contributed by atoms with E-state index >= 15 is 0 Å². The van der Waals surface area contributed by atoms with E-state index in [4.69, 9.17) is 4.98 Å². The second kappa shape index (κ2) is 8.07. The smallest absolute Gasteiger partial charge is 0.150 e. The van der Waals surface area contributed by atoms with Crippen molar-refractivity contribution < 1.29 is 4.79 Å². The summed E-state index contributed by atoms with van der Waals surface area (Å²) in [4.78, 5) is 22.4. The first-order chi connectivity index (χ1) is 16.7. The number of pyridine rings is 1. The highest BCUT2D eigenvalue weighted by Crippen LogP contribution is 2.55. The molecule has 1 fully saturated rings. The number of carbonyl (C=O) groups excluding carboxylic acids is 1. The van der Waals surface area contributed by atoms with Crippen LogP contribution < -0.4 is 0 Å². The molecule has 3 atom stereocenters. The highest BCUT2D eigenvalue weighted by molar-refractivity contribution is 5.85. The molecule has 3 unspecified atom stereocenters. The molecule has 0 aliphatic heterocycles. The van der Waals surface area contributed by atoms with Crippen LogP contribution in [0.25, 0.3) is 17.1 Å². The predicted octanol–water partition coefficient (Wildman–Crippen LogP) is 5.29. The van der Waals surface area contributed by atoms with Gasteiger partial charge in [0, 0.05) is 41.2 Å². The molecule has 0 saturated heterocycles. The maximum absolute atomic E-state index is 12.8. The van der Waals surface area contributed by atoms with Crippen molar-refractivity contribution in [2.24, 2.45) is 11.8 Å². The van der Waals surface area contributed by atoms with Crippen molar-refractivity contribution in [1.82, 2.24) is 14.5 Å². The molecule has 2 heterocycles. The van der Waals surface area contributed by atoms with Gasteiger partial charge in [0.2, 0.25) is 0 Å². The molecule has 2 aromatic carbocycles. The minimum absolute atomic E-state index is 0.0688. The third kappa shape index (κ3) is 3.03. The summed E-state index contributed by atoms with van der Waals surface area (Å²) in [6.07, 6.45) is 6.21. The van der Waals surface area contributed by atoms with Crippen molar-refractivity contribution in [1.29, 1.82) is 5.26 Å². The van der Waals surface area contributed by atoms with Crippen LogP contribution in [0.1, 0.15) is 36.2 Å². The van der Waals surface area contributed by atoms with Crippen molar-refractivity contribution in [3.05, 3.63) is 102 Å². The quantitative estimate of drug-likeness (QED) is 0.431. The number of hydrogen-bond acceptors (Lipinski definition) is 4. The van der Waals surface area contributed by atoms with E-state index in [1.54, 1.807) is 12.4 Å². The van der Waals surface area contributed by atoms with E-state index in [2.05, 4.69) is 39.9 Å². The minimum atomic E-state index is -0.617. The van der Waals surface area contributed by atoms with Gasteiger partial charge in [0.05, 0.1) is 11.8 Å². The Balaban J connectivity index is 1.67. The SMILES string of the molecule is N#CC1CC2(c3ccccc3)c3nc(-c4ccncc4)n(-c4ccccc4)c3CCC2CC1=O. The van der Waals surface area contributed by atoms with Crippen molar-refractivity contribution in [3.63, 3.8) is 0 Å². The number of Topliss-reactive ketones (excluding diaryl/α,β-unsaturated/α-hetero) is 1. The summed E-state index contributed by atoms with van der Waals surface area (Å²) in [5.74, 6) is 0.455. The number of nitriles is 1. The summed E-state index contributed by atoms with van der Waals surface area (Å²) in [6.45, 7) is 0. The Hall–Kier alpha value is -4.04. The lowest BCUT2D eigenvalue weighted by molar-refractivity contribution is -0.126. The average Bonchev–Trinajstić information content (AvgIpc) is 3.30. The van der Waals surface area contributed by atoms with Crippen LogP contribution in [0, 0.1) is 23.2 Å². The molecule has 2 aliphatic rings. The molecule has 0 amide bonds. The lowest BCUT2D eigenvalue weighted by Crippen LogP contribution is -2.48. The first-order valence-corrected chi connectivity index (χ1v) is 11.8. The van der Waals surface area contributed by atoms with Crippen LogP contribution in [0.2, 0.25) is 0 Å². The minimum Gasteiger partial charge on any atom is -0.298 e. The molecule has 4 aromatic rings. The van der Waals surface area contributed by atoms with Crippen molar-refractivity contribution in [3.8, 4) is 23.1 Å². The zero-order valence-corrected chi connectivity index (χ0v) is 18.8. The van der Waals surface area contributed by atoms with Gasteiger partial charge in [-0.2, -0.15) is 5.26 Å². The van der Waals surface area contributed by atoms with Gasteiger partial charge in [-0.3, -0.25) is 14.3 Å². The summed E-state index contributed by atoms with van der Waals surface area (Å²) in [7, 11) is 0. The maximum atomic E-state index is 12.8. The van der Waals surface area contributed by atoms with Gasteiger partial charge in [-0.05, 0) is 55.0 Å². The Labute approximate surface area is 198 Å². The number of carbonyl (C=O) groups is 1. The summed E-state index contributed by atoms with van der Waals surface area (Å²) >= 11 is 0. The molecule has 5 nitrogen and oxygen atoms in total. The van der Waals surface area contributed by atoms with Gasteiger partial charge in [-0.1, -0.05) is 48.5 Å². The fraction of sp³-hybridized carbons (Fsp3) is 0.241. The number of para-hydroxylation sites is 1. The Morgan fingerprint density at radius 1 is 0.971 bits per heavy atom. The van der Waals surface area contributed by atoms with E-state index in [1.165, 1.54) is 5.69 Å². The van der Waals surface area contributed by atoms with Crippen LogP contribution in [-0.4, -0.2) is 20.3 Å². The predicted molar refractivity (Wildman–Crippen MR) is 129 cm³/mol. The molecular formula is C29H24N4O. The fourth-order valence-corrected chi connectivity index (χ4v) is 6.05. The first-order valence-electron chi connectivity index (χ1n) is 11.8. The second-order valence-corrected chi connectivity index (χ2v) is 9.27. The van der Waals surface area contributed by atoms with E-state index in [9.17, 15) is 10.1 Å². The second-order valence-electron chi connectivity index (χ2n) is 9.27. The molecule has 0 radical (unpaired) electrons. The van der Waals surface area contributed by atoms with Gasteiger partial charge in [-0.25, -0.2) is 4.98 Å². The van der Waals surface area contributed by atoms with Crippen molar-refractivity contribution in [2.45, 2.75) is 31.1 Å². The van der Waals surface area contributed by atoms with Crippen LogP contribution in [0.5, 0.6) is 0 Å². The summed E-state index contributed by atoms with van der Waals surface area (Å²) < 4.78 is 2.27. The highest BCUT2D eigenvalue weighted by Gasteiger charge is 2.54. The van der Waals surface area contributed by atoms with E-state index < -0.39 is 11.3 Å². The average molecular weight is 445 g/mol. The number of benzene rings is 2. The number of nitrogens with zero attached hydrogens (tertiary/aromatic N) is 4. The van der Waals surface area contributed by atoms with E-state index in [-0.39, 0.29) is 11.7 Å². The van der Waals surface area contributed by atoms with E-state index in [0.29, 0.717) is 12.8 Å². The normalized spacial score (nSPS) is 23.6. The lowest BCUT2D eigenvalue weighted by Gasteiger charge is -2.47. The lowest BCUT2D eigenvalue weighted by atomic mass is 9.54. The summed E-state index contributed by atoms with van der Waals surface area (Å²) in [5, 5.41) is 9.87. The van der Waals surface area contributed by atoms with E-state index in [0.717, 1.165) is 41.2 Å². The summed E-state index contributed by atoms with van der Waals surface area (Å²) in [5.41, 5.74) is 4.92. The number of fused-ring (bicyclic) bond motifs is 3. The van der Waals surface area contributed by atoms with E-state index in [1.807, 2.05) is 48.5 Å². The zero-order chi connectivity index (χ0) is 23.1. The van der Waals surface area contributed by atoms with Crippen LogP contribution in [0.3, 0.4) is 0 Å². The molecule has 2 aliphatic carbocycles. The third-order valence-corrected chi connectivity index (χ3v) is 7.58. The van der Waals surface area contributed by atoms with Crippen molar-refractivity contribution >= 4 is 5.78 Å². The van der Waals surface area contributed by atoms with Crippen LogP contribution in [-0.2, 0) is 16.6 Å². The Kier molecular flexibility index (Phi) is 4.88. The van der Waals surface area contributed by atoms with Crippen LogP contribution >= 0.6 is 0 Å². The largest absolute Gasteiger partial charge is 0.298 e. The van der Waals surface area contributed by atoms with Crippen LogP contribution in [0.15, 0.2) is 85.2 Å². The molecule has 5 heteroatoms. The molecule has 166 valence electrons. The molecule has 1 saturated carbocycles. The third-order valence-electron chi connectivity index (χ3n) is 7.58. The van der Waals surface area contributed by atoms with Gasteiger partial charge in [0.1, 0.15) is 17.5 Å². The molecule has 34 heavy (non-hydrogen) atoms. The number of hydrogen-bond donors (Lipinski definition) is 0. The Bertz CT molecular complexity index is 1390. The fourth-order valence-electron chi connectivity index (χ4n) is 6.05. The van der Waals surface area contributed by atoms with Gasteiger partial charge in [0.15, 0.2) is 0 Å². The Morgan fingerprint density at radius 2 is 1.68 bits per heavy atom. The monoisotopic (exact) mass is 444 g/mol. The molecular weight excluding hydrogens is 420 g/mol. The Morgan fingerprint density at radius 3 is 2.38 bits per heavy atom. The number of rotatable bonds is 3. The number of imidazole rings is 1. The van der Waals surface area contributed by atoms with Gasteiger partial charge >= 0.3 is 0 Å². The summed E-state index contributed by atoms with van der Waals surface area (Å²) in [6, 6.07) is 27.0. The molecule has 0 spiro atoms. The standard InChI is InChI=1S/C29H24N4O/c30-19-21-18-29(22-7-3-1-4-8-22)23(17-26(21)34)11-12-25-27(29)32-28(20-13-15-31-16-14-20)33(25)24-9-5-2-6-10-24/h1-10,13-16,21,23H,11-12,17-18H2. The zero-order valence-electron chi connectivity index (χ0n) is 18.8. The number of aromatic nitrogens is 3. The van der Waals surface area contributed by atoms with Gasteiger partial charge in [-0.15, -0.1) is 0 Å². The topological polar surface area (TPSA) is 71.6 Å². The van der Waals surface area contributed by atoms with Crippen molar-refractivity contribution in [2.75, 3.05) is 0 Å². The van der Waals surface area contributed by atoms with Gasteiger partial charge in [0.25, 0.3) is 0 Å².